The van der Waals surface area contributed by atoms with Gasteiger partial charge in [-0.2, -0.15) is 5.26 Å². The Labute approximate surface area is 120 Å². The van der Waals surface area contributed by atoms with Gasteiger partial charge >= 0.3 is 0 Å². The van der Waals surface area contributed by atoms with Crippen molar-refractivity contribution in [2.75, 3.05) is 13.6 Å². The number of hydrogen-bond donors (Lipinski definition) is 0. The first-order valence-electron chi connectivity index (χ1n) is 6.05. The van der Waals surface area contributed by atoms with E-state index in [1.54, 1.807) is 19.4 Å². The minimum Gasteiger partial charge on any atom is -0.328 e. The van der Waals surface area contributed by atoms with Crippen LogP contribution in [0.15, 0.2) is 18.6 Å². The van der Waals surface area contributed by atoms with Gasteiger partial charge in [0.25, 0.3) is 5.91 Å². The highest BCUT2D eigenvalue weighted by Gasteiger charge is 2.17. The topological polar surface area (TPSA) is 82.8 Å². The first-order valence-corrected chi connectivity index (χ1v) is 6.87. The summed E-state index contributed by atoms with van der Waals surface area (Å²) in [6.07, 6.45) is 5.52. The molecular formula is C13H13N5OS. The number of thiazole rings is 1. The predicted molar refractivity (Wildman–Crippen MR) is 75.1 cm³/mol. The predicted octanol–water partition coefficient (Wildman–Crippen LogP) is 1.76. The molecule has 1 amide bonds. The minimum atomic E-state index is -0.211. The van der Waals surface area contributed by atoms with E-state index in [0.29, 0.717) is 15.6 Å². The Bertz CT molecular complexity index is 661. The van der Waals surface area contributed by atoms with Crippen LogP contribution in [0.4, 0.5) is 0 Å². The van der Waals surface area contributed by atoms with Crippen molar-refractivity contribution in [3.8, 4) is 16.8 Å². The van der Waals surface area contributed by atoms with Crippen molar-refractivity contribution < 1.29 is 4.79 Å². The summed E-state index contributed by atoms with van der Waals surface area (Å²) in [7, 11) is 1.59. The highest BCUT2D eigenvalue weighted by Crippen LogP contribution is 2.26. The van der Waals surface area contributed by atoms with Crippen molar-refractivity contribution in [3.05, 3.63) is 29.2 Å². The average molecular weight is 287 g/mol. The lowest BCUT2D eigenvalue weighted by Gasteiger charge is -2.10. The highest BCUT2D eigenvalue weighted by molar-refractivity contribution is 7.16. The van der Waals surface area contributed by atoms with E-state index in [0.717, 1.165) is 12.1 Å². The fourth-order valence-corrected chi connectivity index (χ4v) is 2.58. The molecule has 0 bridgehead atoms. The van der Waals surface area contributed by atoms with Crippen molar-refractivity contribution in [1.29, 1.82) is 5.26 Å². The van der Waals surface area contributed by atoms with E-state index in [4.69, 9.17) is 5.26 Å². The lowest BCUT2D eigenvalue weighted by Crippen LogP contribution is -2.26. The quantitative estimate of drug-likeness (QED) is 0.800. The molecule has 0 radical (unpaired) electrons. The van der Waals surface area contributed by atoms with Gasteiger partial charge in [-0.05, 0) is 6.42 Å². The summed E-state index contributed by atoms with van der Waals surface area (Å²) >= 11 is 1.26. The molecule has 0 unspecified atom stereocenters. The van der Waals surface area contributed by atoms with Crippen LogP contribution in [-0.4, -0.2) is 39.4 Å². The second kappa shape index (κ2) is 6.21. The van der Waals surface area contributed by atoms with Crippen LogP contribution in [0.2, 0.25) is 0 Å². The fourth-order valence-electron chi connectivity index (χ4n) is 1.65. The molecule has 20 heavy (non-hydrogen) atoms. The summed E-state index contributed by atoms with van der Waals surface area (Å²) in [6, 6.07) is 1.94. The lowest BCUT2D eigenvalue weighted by molar-refractivity contribution is 0.0816. The van der Waals surface area contributed by atoms with Crippen LogP contribution in [0.25, 0.3) is 10.7 Å². The number of rotatable bonds is 4. The molecule has 2 aromatic rings. The Kier molecular flexibility index (Phi) is 4.38. The number of nitriles is 1. The van der Waals surface area contributed by atoms with Gasteiger partial charge in [0.15, 0.2) is 0 Å². The molecule has 0 aliphatic carbocycles. The molecular weight excluding hydrogens is 274 g/mol. The molecule has 7 heteroatoms. The molecule has 2 heterocycles. The lowest BCUT2D eigenvalue weighted by atomic mass is 10.2. The van der Waals surface area contributed by atoms with Gasteiger partial charge in [0.2, 0.25) is 0 Å². The van der Waals surface area contributed by atoms with Gasteiger partial charge in [-0.3, -0.25) is 14.8 Å². The second-order valence-electron chi connectivity index (χ2n) is 4.05. The van der Waals surface area contributed by atoms with Crippen LogP contribution < -0.4 is 0 Å². The number of amides is 1. The summed E-state index contributed by atoms with van der Waals surface area (Å²) in [4.78, 5) is 26.7. The molecule has 2 aromatic heterocycles. The van der Waals surface area contributed by atoms with E-state index in [2.05, 4.69) is 15.0 Å². The standard InChI is InChI=1S/C13H13N5OS/c1-3-9-11(16-6-5-15-9)12-17-8-10(20-12)13(19)18(2)7-4-14/h5-6,8H,3,7H2,1-2H3. The second-order valence-corrected chi connectivity index (χ2v) is 5.08. The van der Waals surface area contributed by atoms with Gasteiger partial charge in [0, 0.05) is 19.4 Å². The van der Waals surface area contributed by atoms with Crippen LogP contribution in [0, 0.1) is 11.3 Å². The summed E-state index contributed by atoms with van der Waals surface area (Å²) in [6.45, 7) is 2.05. The van der Waals surface area contributed by atoms with E-state index in [9.17, 15) is 4.79 Å². The molecule has 0 atom stereocenters. The van der Waals surface area contributed by atoms with E-state index in [1.165, 1.54) is 22.4 Å². The van der Waals surface area contributed by atoms with Crippen molar-refractivity contribution in [2.24, 2.45) is 0 Å². The molecule has 0 aromatic carbocycles. The van der Waals surface area contributed by atoms with Crippen molar-refractivity contribution in [2.45, 2.75) is 13.3 Å². The number of aryl methyl sites for hydroxylation is 1. The summed E-state index contributed by atoms with van der Waals surface area (Å²) in [5.74, 6) is -0.211. The monoisotopic (exact) mass is 287 g/mol. The minimum absolute atomic E-state index is 0.0530. The largest absolute Gasteiger partial charge is 0.328 e. The Morgan fingerprint density at radius 3 is 2.85 bits per heavy atom. The van der Waals surface area contributed by atoms with E-state index < -0.39 is 0 Å². The molecule has 0 fully saturated rings. The zero-order valence-corrected chi connectivity index (χ0v) is 12.0. The summed E-state index contributed by atoms with van der Waals surface area (Å²) < 4.78 is 0. The van der Waals surface area contributed by atoms with Crippen LogP contribution in [0.3, 0.4) is 0 Å². The van der Waals surface area contributed by atoms with Crippen molar-refractivity contribution in [3.63, 3.8) is 0 Å². The molecule has 0 aliphatic rings. The van der Waals surface area contributed by atoms with Gasteiger partial charge in [0.05, 0.1) is 18.0 Å². The maximum absolute atomic E-state index is 12.0. The number of carbonyl (C=O) groups is 1. The van der Waals surface area contributed by atoms with Gasteiger partial charge in [0.1, 0.15) is 22.1 Å². The normalized spacial score (nSPS) is 10.1. The Morgan fingerprint density at radius 1 is 1.40 bits per heavy atom. The Hall–Kier alpha value is -2.33. The molecule has 0 N–H and O–H groups in total. The van der Waals surface area contributed by atoms with Crippen molar-refractivity contribution in [1.82, 2.24) is 19.9 Å². The van der Waals surface area contributed by atoms with Gasteiger partial charge in [-0.25, -0.2) is 4.98 Å². The smallest absolute Gasteiger partial charge is 0.266 e. The maximum atomic E-state index is 12.0. The molecule has 0 saturated heterocycles. The first-order chi connectivity index (χ1) is 9.67. The van der Waals surface area contributed by atoms with Crippen LogP contribution in [0.5, 0.6) is 0 Å². The number of nitrogens with zero attached hydrogens (tertiary/aromatic N) is 5. The highest BCUT2D eigenvalue weighted by atomic mass is 32.1. The van der Waals surface area contributed by atoms with E-state index in [-0.39, 0.29) is 12.5 Å². The summed E-state index contributed by atoms with van der Waals surface area (Å²) in [5.41, 5.74) is 1.56. The third-order valence-corrected chi connectivity index (χ3v) is 3.67. The Morgan fingerprint density at radius 2 is 2.15 bits per heavy atom. The van der Waals surface area contributed by atoms with Gasteiger partial charge in [-0.15, -0.1) is 11.3 Å². The van der Waals surface area contributed by atoms with E-state index in [1.807, 2.05) is 13.0 Å². The zero-order chi connectivity index (χ0) is 14.5. The summed E-state index contributed by atoms with van der Waals surface area (Å²) in [5, 5.41) is 9.28. The number of hydrogen-bond acceptors (Lipinski definition) is 6. The van der Waals surface area contributed by atoms with Gasteiger partial charge in [-0.1, -0.05) is 6.92 Å². The molecule has 102 valence electrons. The molecule has 2 rings (SSSR count). The first kappa shape index (κ1) is 14.1. The van der Waals surface area contributed by atoms with Gasteiger partial charge < -0.3 is 4.90 Å². The third-order valence-electron chi connectivity index (χ3n) is 2.68. The maximum Gasteiger partial charge on any atom is 0.266 e. The Balaban J connectivity index is 2.30. The zero-order valence-electron chi connectivity index (χ0n) is 11.2. The SMILES string of the molecule is CCc1nccnc1-c1ncc(C(=O)N(C)CC#N)s1. The van der Waals surface area contributed by atoms with Crippen LogP contribution >= 0.6 is 11.3 Å². The molecule has 0 saturated carbocycles. The number of aromatic nitrogens is 3. The molecule has 0 spiro atoms. The van der Waals surface area contributed by atoms with Crippen LogP contribution in [0.1, 0.15) is 22.3 Å². The fraction of sp³-hybridized carbons (Fsp3) is 0.308. The third kappa shape index (κ3) is 2.81. The average Bonchev–Trinajstić information content (AvgIpc) is 2.96. The molecule has 6 nitrogen and oxygen atoms in total. The van der Waals surface area contributed by atoms with Crippen LogP contribution in [-0.2, 0) is 6.42 Å². The van der Waals surface area contributed by atoms with E-state index >= 15 is 0 Å². The van der Waals surface area contributed by atoms with Crippen molar-refractivity contribution >= 4 is 17.2 Å². The molecule has 0 aliphatic heterocycles. The number of carbonyl (C=O) groups excluding carboxylic acids is 1.